The van der Waals surface area contributed by atoms with Gasteiger partial charge in [-0.1, -0.05) is 6.08 Å². The lowest BCUT2D eigenvalue weighted by atomic mass is 10.2. The molecule has 6 heteroatoms. The van der Waals surface area contributed by atoms with Gasteiger partial charge in [0, 0.05) is 0 Å². The molecule has 0 spiro atoms. The zero-order chi connectivity index (χ0) is 10.4. The number of amides is 2. The Morgan fingerprint density at radius 2 is 2.15 bits per heavy atom. The second kappa shape index (κ2) is 5.28. The normalized spacial score (nSPS) is 11.8. The highest BCUT2D eigenvalue weighted by Crippen LogP contribution is 1.93. The first kappa shape index (κ1) is 11.6. The van der Waals surface area contributed by atoms with Crippen LogP contribution in [0.4, 0.5) is 0 Å². The Labute approximate surface area is 75.8 Å². The van der Waals surface area contributed by atoms with E-state index in [1.807, 2.05) is 0 Å². The van der Waals surface area contributed by atoms with Crippen molar-refractivity contribution in [2.24, 2.45) is 11.5 Å². The molecule has 0 aliphatic rings. The van der Waals surface area contributed by atoms with Crippen molar-refractivity contribution in [3.05, 3.63) is 12.7 Å². The molecule has 6 nitrogen and oxygen atoms in total. The number of carbonyl (C=O) groups excluding carboxylic acids is 2. The zero-order valence-electron chi connectivity index (χ0n) is 7.14. The summed E-state index contributed by atoms with van der Waals surface area (Å²) in [6, 6.07) is -1.09. The summed E-state index contributed by atoms with van der Waals surface area (Å²) in [5.41, 5.74) is 10.1. The van der Waals surface area contributed by atoms with Crippen LogP contribution in [0.25, 0.3) is 0 Å². The molecule has 1 atom stereocenters. The fraction of sp³-hybridized carbons (Fsp3) is 0.429. The number of rotatable bonds is 5. The fourth-order valence-corrected chi connectivity index (χ4v) is 0.708. The molecule has 5 N–H and O–H groups in total. The van der Waals surface area contributed by atoms with E-state index in [4.69, 9.17) is 16.7 Å². The molecular formula is C7H13N3O3. The number of hydroxylamine groups is 2. The van der Waals surface area contributed by atoms with Gasteiger partial charge < -0.3 is 11.5 Å². The van der Waals surface area contributed by atoms with Crippen molar-refractivity contribution in [2.75, 3.05) is 6.54 Å². The summed E-state index contributed by atoms with van der Waals surface area (Å²) in [6.07, 6.45) is 1.04. The van der Waals surface area contributed by atoms with Crippen LogP contribution in [0.5, 0.6) is 0 Å². The Bertz CT molecular complexity index is 217. The Morgan fingerprint density at radius 1 is 1.62 bits per heavy atom. The molecule has 0 aliphatic carbocycles. The Kier molecular flexibility index (Phi) is 4.71. The van der Waals surface area contributed by atoms with Crippen molar-refractivity contribution in [3.63, 3.8) is 0 Å². The van der Waals surface area contributed by atoms with E-state index in [2.05, 4.69) is 6.58 Å². The van der Waals surface area contributed by atoms with Crippen LogP contribution in [0.1, 0.15) is 6.42 Å². The van der Waals surface area contributed by atoms with Gasteiger partial charge in [-0.05, 0) is 0 Å². The predicted molar refractivity (Wildman–Crippen MR) is 45.5 cm³/mol. The van der Waals surface area contributed by atoms with Gasteiger partial charge in [-0.2, -0.15) is 0 Å². The second-order valence-corrected chi connectivity index (χ2v) is 2.49. The van der Waals surface area contributed by atoms with Gasteiger partial charge in [0.15, 0.2) is 0 Å². The molecule has 0 fully saturated rings. The lowest BCUT2D eigenvalue weighted by Gasteiger charge is -2.16. The summed E-state index contributed by atoms with van der Waals surface area (Å²) in [4.78, 5) is 21.4. The van der Waals surface area contributed by atoms with E-state index in [-0.39, 0.29) is 13.0 Å². The highest BCUT2D eigenvalue weighted by molar-refractivity contribution is 5.86. The Morgan fingerprint density at radius 3 is 2.54 bits per heavy atom. The zero-order valence-corrected chi connectivity index (χ0v) is 7.14. The highest BCUT2D eigenvalue weighted by Gasteiger charge is 2.20. The van der Waals surface area contributed by atoms with Crippen molar-refractivity contribution in [1.29, 1.82) is 0 Å². The topological polar surface area (TPSA) is 110 Å². The molecule has 0 aromatic heterocycles. The molecule has 0 aliphatic heterocycles. The first-order chi connectivity index (χ1) is 5.99. The molecule has 0 aromatic rings. The molecular weight excluding hydrogens is 174 g/mol. The van der Waals surface area contributed by atoms with Crippen LogP contribution < -0.4 is 11.5 Å². The maximum absolute atomic E-state index is 11.1. The van der Waals surface area contributed by atoms with Gasteiger partial charge in [0.05, 0.1) is 19.0 Å². The minimum absolute atomic E-state index is 0.0364. The summed E-state index contributed by atoms with van der Waals surface area (Å²) in [5.74, 6) is -1.44. The van der Waals surface area contributed by atoms with Crippen LogP contribution in [-0.2, 0) is 9.59 Å². The minimum Gasteiger partial charge on any atom is -0.370 e. The molecule has 13 heavy (non-hydrogen) atoms. The second-order valence-electron chi connectivity index (χ2n) is 2.49. The average Bonchev–Trinajstić information content (AvgIpc) is 2.02. The SMILES string of the molecule is C=CCN(O)C(=O)[C@@H](N)CC(N)=O. The maximum atomic E-state index is 11.1. The molecule has 0 radical (unpaired) electrons. The molecule has 0 rings (SSSR count). The third-order valence-corrected chi connectivity index (χ3v) is 1.29. The van der Waals surface area contributed by atoms with Crippen LogP contribution in [0.3, 0.4) is 0 Å². The van der Waals surface area contributed by atoms with Gasteiger partial charge >= 0.3 is 0 Å². The molecule has 0 unspecified atom stereocenters. The molecule has 74 valence electrons. The monoisotopic (exact) mass is 187 g/mol. The molecule has 0 bridgehead atoms. The average molecular weight is 187 g/mol. The van der Waals surface area contributed by atoms with Gasteiger partial charge in [-0.3, -0.25) is 14.8 Å². The summed E-state index contributed by atoms with van der Waals surface area (Å²) in [6.45, 7) is 3.28. The fourth-order valence-electron chi connectivity index (χ4n) is 0.708. The highest BCUT2D eigenvalue weighted by atomic mass is 16.5. The lowest BCUT2D eigenvalue weighted by Crippen LogP contribution is -2.44. The number of carbonyl (C=O) groups is 2. The Hall–Kier alpha value is -1.40. The summed E-state index contributed by atoms with van der Waals surface area (Å²) >= 11 is 0. The van der Waals surface area contributed by atoms with Gasteiger partial charge in [0.1, 0.15) is 0 Å². The number of nitrogens with zero attached hydrogens (tertiary/aromatic N) is 1. The van der Waals surface area contributed by atoms with Crippen molar-refractivity contribution < 1.29 is 14.8 Å². The minimum atomic E-state index is -1.09. The van der Waals surface area contributed by atoms with Crippen molar-refractivity contribution in [2.45, 2.75) is 12.5 Å². The van der Waals surface area contributed by atoms with Crippen molar-refractivity contribution in [1.82, 2.24) is 5.06 Å². The molecule has 2 amide bonds. The molecule has 0 saturated carbocycles. The first-order valence-electron chi connectivity index (χ1n) is 3.64. The van der Waals surface area contributed by atoms with Gasteiger partial charge in [-0.25, -0.2) is 5.06 Å². The van der Waals surface area contributed by atoms with Crippen LogP contribution in [0.15, 0.2) is 12.7 Å². The standard InChI is InChI=1S/C7H13N3O3/c1-2-3-10(13)7(12)5(8)4-6(9)11/h2,5,13H,1,3-4,8H2,(H2,9,11)/t5-/m0/s1. The van der Waals surface area contributed by atoms with E-state index in [1.54, 1.807) is 0 Å². The van der Waals surface area contributed by atoms with Crippen molar-refractivity contribution in [3.8, 4) is 0 Å². The van der Waals surface area contributed by atoms with Gasteiger partial charge in [-0.15, -0.1) is 6.58 Å². The van der Waals surface area contributed by atoms with E-state index < -0.39 is 17.9 Å². The predicted octanol–water partition coefficient (Wildman–Crippen LogP) is -1.41. The van der Waals surface area contributed by atoms with Gasteiger partial charge in [0.25, 0.3) is 5.91 Å². The van der Waals surface area contributed by atoms with E-state index in [9.17, 15) is 9.59 Å². The summed E-state index contributed by atoms with van der Waals surface area (Å²) < 4.78 is 0. The van der Waals surface area contributed by atoms with E-state index in [1.165, 1.54) is 6.08 Å². The summed E-state index contributed by atoms with van der Waals surface area (Å²) in [7, 11) is 0. The van der Waals surface area contributed by atoms with Crippen LogP contribution in [0.2, 0.25) is 0 Å². The van der Waals surface area contributed by atoms with Crippen LogP contribution in [-0.4, -0.2) is 34.7 Å². The quantitative estimate of drug-likeness (QED) is 0.279. The summed E-state index contributed by atoms with van der Waals surface area (Å²) in [5, 5.41) is 9.37. The van der Waals surface area contributed by atoms with E-state index >= 15 is 0 Å². The molecule has 0 heterocycles. The largest absolute Gasteiger partial charge is 0.370 e. The van der Waals surface area contributed by atoms with Gasteiger partial charge in [0.2, 0.25) is 5.91 Å². The maximum Gasteiger partial charge on any atom is 0.263 e. The molecule has 0 aromatic carbocycles. The van der Waals surface area contributed by atoms with Crippen molar-refractivity contribution >= 4 is 11.8 Å². The third kappa shape index (κ3) is 4.24. The Balaban J connectivity index is 4.08. The lowest BCUT2D eigenvalue weighted by molar-refractivity contribution is -0.165. The van der Waals surface area contributed by atoms with E-state index in [0.29, 0.717) is 5.06 Å². The number of hydrogen-bond acceptors (Lipinski definition) is 4. The third-order valence-electron chi connectivity index (χ3n) is 1.29. The number of nitrogens with two attached hydrogens (primary N) is 2. The van der Waals surface area contributed by atoms with Crippen LogP contribution >= 0.6 is 0 Å². The first-order valence-corrected chi connectivity index (χ1v) is 3.64. The molecule has 0 saturated heterocycles. The smallest absolute Gasteiger partial charge is 0.263 e. The van der Waals surface area contributed by atoms with Crippen LogP contribution in [0, 0.1) is 0 Å². The number of primary amides is 1. The number of hydrogen-bond donors (Lipinski definition) is 3. The van der Waals surface area contributed by atoms with E-state index in [0.717, 1.165) is 0 Å².